The molecule has 2 aromatic carbocycles. The molecule has 1 amide bonds. The second kappa shape index (κ2) is 7.74. The molecule has 5 nitrogen and oxygen atoms in total. The quantitative estimate of drug-likeness (QED) is 0.687. The Morgan fingerprint density at radius 1 is 1.12 bits per heavy atom. The number of anilines is 1. The molecule has 26 heavy (non-hydrogen) atoms. The van der Waals surface area contributed by atoms with Crippen LogP contribution >= 0.6 is 11.8 Å². The van der Waals surface area contributed by atoms with Gasteiger partial charge in [0.1, 0.15) is 0 Å². The summed E-state index contributed by atoms with van der Waals surface area (Å²) in [6.07, 6.45) is 0. The molecule has 1 N–H and O–H groups in total. The van der Waals surface area contributed by atoms with Crippen molar-refractivity contribution in [3.05, 3.63) is 59.7 Å². The van der Waals surface area contributed by atoms with Crippen LogP contribution in [0.15, 0.2) is 53.7 Å². The van der Waals surface area contributed by atoms with Crippen LogP contribution in [-0.2, 0) is 11.8 Å². The highest BCUT2D eigenvalue weighted by atomic mass is 32.2. The predicted molar refractivity (Wildman–Crippen MR) is 106 cm³/mol. The number of rotatable bonds is 5. The van der Waals surface area contributed by atoms with E-state index in [0.717, 1.165) is 33.4 Å². The van der Waals surface area contributed by atoms with Gasteiger partial charge in [0.2, 0.25) is 5.91 Å². The zero-order chi connectivity index (χ0) is 18.7. The van der Waals surface area contributed by atoms with E-state index in [2.05, 4.69) is 28.5 Å². The van der Waals surface area contributed by atoms with Crippen LogP contribution in [0.4, 0.5) is 5.69 Å². The van der Waals surface area contributed by atoms with Gasteiger partial charge in [0.05, 0.1) is 5.25 Å². The molecule has 0 fully saturated rings. The maximum Gasteiger partial charge on any atom is 0.237 e. The number of carbonyl (C=O) groups excluding carboxylic acids is 1. The van der Waals surface area contributed by atoms with E-state index in [9.17, 15) is 4.79 Å². The predicted octanol–water partition coefficient (Wildman–Crippen LogP) is 4.22. The molecule has 0 aliphatic carbocycles. The minimum atomic E-state index is -0.289. The summed E-state index contributed by atoms with van der Waals surface area (Å²) in [6.45, 7) is 5.92. The number of aromatic nitrogens is 3. The number of benzene rings is 2. The van der Waals surface area contributed by atoms with E-state index in [1.807, 2.05) is 67.9 Å². The topological polar surface area (TPSA) is 59.8 Å². The first kappa shape index (κ1) is 18.2. The first-order valence-corrected chi connectivity index (χ1v) is 9.33. The van der Waals surface area contributed by atoms with Gasteiger partial charge >= 0.3 is 0 Å². The average Bonchev–Trinajstić information content (AvgIpc) is 2.96. The number of hydrogen-bond acceptors (Lipinski definition) is 4. The van der Waals surface area contributed by atoms with E-state index in [1.54, 1.807) is 0 Å². The lowest BCUT2D eigenvalue weighted by molar-refractivity contribution is -0.115. The van der Waals surface area contributed by atoms with Gasteiger partial charge in [0.15, 0.2) is 11.0 Å². The molecule has 3 rings (SSSR count). The van der Waals surface area contributed by atoms with Crippen molar-refractivity contribution in [3.63, 3.8) is 0 Å². The fraction of sp³-hybridized carbons (Fsp3) is 0.250. The monoisotopic (exact) mass is 366 g/mol. The summed E-state index contributed by atoms with van der Waals surface area (Å²) in [7, 11) is 1.93. The summed E-state index contributed by atoms with van der Waals surface area (Å²) in [4.78, 5) is 12.5. The third-order valence-electron chi connectivity index (χ3n) is 4.16. The van der Waals surface area contributed by atoms with Crippen molar-refractivity contribution >= 4 is 23.4 Å². The molecule has 0 aliphatic rings. The van der Waals surface area contributed by atoms with Crippen molar-refractivity contribution in [3.8, 4) is 11.4 Å². The second-order valence-corrected chi connectivity index (χ2v) is 7.61. The highest BCUT2D eigenvalue weighted by molar-refractivity contribution is 8.00. The van der Waals surface area contributed by atoms with Crippen LogP contribution in [0.1, 0.15) is 18.1 Å². The Bertz CT molecular complexity index is 935. The highest BCUT2D eigenvalue weighted by Crippen LogP contribution is 2.27. The van der Waals surface area contributed by atoms with Gasteiger partial charge < -0.3 is 9.88 Å². The van der Waals surface area contributed by atoms with Crippen LogP contribution in [0.2, 0.25) is 0 Å². The number of hydrogen-bond donors (Lipinski definition) is 1. The van der Waals surface area contributed by atoms with E-state index < -0.39 is 0 Å². The summed E-state index contributed by atoms with van der Waals surface area (Å²) >= 11 is 1.40. The van der Waals surface area contributed by atoms with E-state index in [-0.39, 0.29) is 11.2 Å². The molecule has 3 aromatic rings. The number of carbonyl (C=O) groups is 1. The normalized spacial score (nSPS) is 12.0. The number of nitrogens with one attached hydrogen (secondary N) is 1. The molecule has 0 spiro atoms. The van der Waals surface area contributed by atoms with E-state index in [1.165, 1.54) is 11.8 Å². The molecule has 0 unspecified atom stereocenters. The lowest BCUT2D eigenvalue weighted by atomic mass is 10.1. The van der Waals surface area contributed by atoms with Crippen molar-refractivity contribution in [2.45, 2.75) is 31.2 Å². The lowest BCUT2D eigenvalue weighted by Gasteiger charge is -2.12. The Morgan fingerprint density at radius 3 is 2.62 bits per heavy atom. The first-order valence-electron chi connectivity index (χ1n) is 8.45. The summed E-state index contributed by atoms with van der Waals surface area (Å²) in [5, 5.41) is 12.0. The molecule has 1 heterocycles. The van der Waals surface area contributed by atoms with Gasteiger partial charge in [-0.2, -0.15) is 0 Å². The summed E-state index contributed by atoms with van der Waals surface area (Å²) in [6, 6.07) is 15.8. The van der Waals surface area contributed by atoms with Gasteiger partial charge in [0.25, 0.3) is 0 Å². The Hall–Kier alpha value is -2.60. The molecule has 134 valence electrons. The second-order valence-electron chi connectivity index (χ2n) is 6.30. The zero-order valence-electron chi connectivity index (χ0n) is 15.4. The fourth-order valence-corrected chi connectivity index (χ4v) is 3.47. The standard InChI is InChI=1S/C20H22N4OS/c1-13-8-7-10-16(12-13)21-19(25)15(3)26-20-23-22-18(24(20)4)17-11-6-5-9-14(17)2/h5-12,15H,1-4H3,(H,21,25)/t15-/m0/s1. The van der Waals surface area contributed by atoms with Crippen molar-refractivity contribution < 1.29 is 4.79 Å². The van der Waals surface area contributed by atoms with Crippen molar-refractivity contribution in [1.82, 2.24) is 14.8 Å². The molecule has 0 radical (unpaired) electrons. The summed E-state index contributed by atoms with van der Waals surface area (Å²) in [5.74, 6) is 0.748. The van der Waals surface area contributed by atoms with E-state index in [4.69, 9.17) is 0 Å². The smallest absolute Gasteiger partial charge is 0.237 e. The van der Waals surface area contributed by atoms with Gasteiger partial charge in [-0.3, -0.25) is 4.79 Å². The number of amides is 1. The van der Waals surface area contributed by atoms with E-state index >= 15 is 0 Å². The van der Waals surface area contributed by atoms with E-state index in [0.29, 0.717) is 0 Å². The van der Waals surface area contributed by atoms with Gasteiger partial charge in [-0.1, -0.05) is 48.2 Å². The van der Waals surface area contributed by atoms with Crippen molar-refractivity contribution in [1.29, 1.82) is 0 Å². The van der Waals surface area contributed by atoms with Crippen LogP contribution in [0.25, 0.3) is 11.4 Å². The minimum absolute atomic E-state index is 0.0546. The number of nitrogens with zero attached hydrogens (tertiary/aromatic N) is 3. The average molecular weight is 366 g/mol. The molecule has 0 saturated carbocycles. The Morgan fingerprint density at radius 2 is 1.88 bits per heavy atom. The highest BCUT2D eigenvalue weighted by Gasteiger charge is 2.20. The maximum atomic E-state index is 12.5. The van der Waals surface area contributed by atoms with Crippen LogP contribution in [0.3, 0.4) is 0 Å². The SMILES string of the molecule is Cc1cccc(NC(=O)[C@H](C)Sc2nnc(-c3ccccc3C)n2C)c1. The fourth-order valence-electron chi connectivity index (χ4n) is 2.65. The molecule has 1 aromatic heterocycles. The third-order valence-corrected chi connectivity index (χ3v) is 5.29. The third kappa shape index (κ3) is 3.96. The Kier molecular flexibility index (Phi) is 5.42. The number of aryl methyl sites for hydroxylation is 2. The Balaban J connectivity index is 1.73. The van der Waals surface area contributed by atoms with Gasteiger partial charge in [-0.25, -0.2) is 0 Å². The Labute approximate surface area is 157 Å². The van der Waals surface area contributed by atoms with Crippen molar-refractivity contribution in [2.24, 2.45) is 7.05 Å². The maximum absolute atomic E-state index is 12.5. The molecule has 0 aliphatic heterocycles. The molecule has 0 saturated heterocycles. The first-order chi connectivity index (χ1) is 12.5. The molecule has 1 atom stereocenters. The van der Waals surface area contributed by atoms with Gasteiger partial charge in [0, 0.05) is 18.3 Å². The van der Waals surface area contributed by atoms with Crippen molar-refractivity contribution in [2.75, 3.05) is 5.32 Å². The largest absolute Gasteiger partial charge is 0.325 e. The van der Waals surface area contributed by atoms with Crippen LogP contribution in [-0.4, -0.2) is 25.9 Å². The van der Waals surface area contributed by atoms with Gasteiger partial charge in [-0.05, 0) is 44.0 Å². The molecular weight excluding hydrogens is 344 g/mol. The minimum Gasteiger partial charge on any atom is -0.325 e. The van der Waals surface area contributed by atoms with Crippen LogP contribution < -0.4 is 5.32 Å². The summed E-state index contributed by atoms with van der Waals surface area (Å²) < 4.78 is 1.93. The van der Waals surface area contributed by atoms with Crippen LogP contribution in [0, 0.1) is 13.8 Å². The number of thioether (sulfide) groups is 1. The lowest BCUT2D eigenvalue weighted by Crippen LogP contribution is -2.22. The van der Waals surface area contributed by atoms with Gasteiger partial charge in [-0.15, -0.1) is 10.2 Å². The zero-order valence-corrected chi connectivity index (χ0v) is 16.2. The van der Waals surface area contributed by atoms with Crippen LogP contribution in [0.5, 0.6) is 0 Å². The molecule has 0 bridgehead atoms. The molecular formula is C20H22N4OS. The summed E-state index contributed by atoms with van der Waals surface area (Å²) in [5.41, 5.74) is 4.11. The molecule has 6 heteroatoms.